The molecule has 0 heterocycles. The van der Waals surface area contributed by atoms with Gasteiger partial charge in [-0.1, -0.05) is 37.3 Å². The summed E-state index contributed by atoms with van der Waals surface area (Å²) in [6.45, 7) is 2.05. The maximum Gasteiger partial charge on any atom is 0.306 e. The maximum atomic E-state index is 11.5. The van der Waals surface area contributed by atoms with Crippen LogP contribution in [0, 0.1) is 5.92 Å². The largest absolute Gasteiger partial charge is 0.481 e. The number of carbonyl (C=O) groups is 3. The predicted octanol–water partition coefficient (Wildman–Crippen LogP) is 1.74. The molecule has 0 aliphatic carbocycles. The number of carbonyl (C=O) groups excluding carboxylic acids is 2. The summed E-state index contributed by atoms with van der Waals surface area (Å²) in [5, 5.41) is 11.3. The Morgan fingerprint density at radius 1 is 1.18 bits per heavy atom. The highest BCUT2D eigenvalue weighted by atomic mass is 16.5. The fourth-order valence-electron chi connectivity index (χ4n) is 1.67. The number of hydrogen-bond acceptors (Lipinski definition) is 4. The molecule has 0 aliphatic heterocycles. The van der Waals surface area contributed by atoms with Crippen LogP contribution in [0.4, 0.5) is 0 Å². The minimum atomic E-state index is -0.890. The van der Waals surface area contributed by atoms with E-state index in [0.29, 0.717) is 6.42 Å². The Balaban J connectivity index is 2.13. The zero-order valence-corrected chi connectivity index (χ0v) is 12.6. The van der Waals surface area contributed by atoms with Gasteiger partial charge in [0.2, 0.25) is 5.91 Å². The molecule has 1 amide bonds. The average molecular weight is 307 g/mol. The van der Waals surface area contributed by atoms with E-state index in [1.165, 1.54) is 0 Å². The summed E-state index contributed by atoms with van der Waals surface area (Å²) in [6.07, 6.45) is 0.405. The van der Waals surface area contributed by atoms with Gasteiger partial charge < -0.3 is 15.2 Å². The molecule has 1 aromatic carbocycles. The molecular weight excluding hydrogens is 286 g/mol. The molecular formula is C16H21NO5. The maximum absolute atomic E-state index is 11.5. The van der Waals surface area contributed by atoms with Crippen molar-refractivity contribution in [1.82, 2.24) is 5.32 Å². The third kappa shape index (κ3) is 7.42. The Morgan fingerprint density at radius 3 is 2.50 bits per heavy atom. The van der Waals surface area contributed by atoms with Gasteiger partial charge in [-0.25, -0.2) is 0 Å². The second-order valence-corrected chi connectivity index (χ2v) is 5.02. The second kappa shape index (κ2) is 9.55. The number of carboxylic acid groups (broad SMARTS) is 1. The predicted molar refractivity (Wildman–Crippen MR) is 79.9 cm³/mol. The van der Waals surface area contributed by atoms with Crippen molar-refractivity contribution in [3.8, 4) is 0 Å². The Kier molecular flexibility index (Phi) is 7.67. The Hall–Kier alpha value is -2.37. The van der Waals surface area contributed by atoms with E-state index in [2.05, 4.69) is 5.32 Å². The topological polar surface area (TPSA) is 92.7 Å². The number of nitrogens with one attached hydrogen (secondary N) is 1. The van der Waals surface area contributed by atoms with Gasteiger partial charge in [0.05, 0.1) is 12.3 Å². The average Bonchev–Trinajstić information content (AvgIpc) is 2.51. The van der Waals surface area contributed by atoms with Crippen LogP contribution in [0.1, 0.15) is 31.7 Å². The molecule has 1 aromatic rings. The van der Waals surface area contributed by atoms with Crippen LogP contribution in [-0.4, -0.2) is 29.5 Å². The lowest BCUT2D eigenvalue weighted by Gasteiger charge is -2.08. The summed E-state index contributed by atoms with van der Waals surface area (Å²) in [6, 6.07) is 9.29. The van der Waals surface area contributed by atoms with Crippen LogP contribution in [0.2, 0.25) is 0 Å². The lowest BCUT2D eigenvalue weighted by molar-refractivity contribution is -0.146. The Bertz CT molecular complexity index is 501. The smallest absolute Gasteiger partial charge is 0.306 e. The van der Waals surface area contributed by atoms with Gasteiger partial charge in [0.15, 0.2) is 0 Å². The van der Waals surface area contributed by atoms with Gasteiger partial charge in [-0.2, -0.15) is 0 Å². The molecule has 0 aromatic heterocycles. The van der Waals surface area contributed by atoms with Crippen molar-refractivity contribution in [2.45, 2.75) is 32.8 Å². The van der Waals surface area contributed by atoms with Gasteiger partial charge in [0.25, 0.3) is 0 Å². The van der Waals surface area contributed by atoms with E-state index in [1.54, 1.807) is 6.92 Å². The van der Waals surface area contributed by atoms with Crippen LogP contribution in [-0.2, 0) is 25.7 Å². The van der Waals surface area contributed by atoms with Crippen LogP contribution in [0.25, 0.3) is 0 Å². The fourth-order valence-corrected chi connectivity index (χ4v) is 1.67. The number of esters is 1. The molecule has 0 bridgehead atoms. The first-order valence-electron chi connectivity index (χ1n) is 7.18. The number of hydrogen-bond donors (Lipinski definition) is 2. The van der Waals surface area contributed by atoms with Gasteiger partial charge in [-0.15, -0.1) is 0 Å². The van der Waals surface area contributed by atoms with Crippen LogP contribution in [0.3, 0.4) is 0 Å². The van der Waals surface area contributed by atoms with Crippen molar-refractivity contribution in [1.29, 1.82) is 0 Å². The second-order valence-electron chi connectivity index (χ2n) is 5.02. The quantitative estimate of drug-likeness (QED) is 0.678. The third-order valence-electron chi connectivity index (χ3n) is 3.12. The molecule has 120 valence electrons. The highest BCUT2D eigenvalue weighted by Gasteiger charge is 2.12. The molecule has 0 radical (unpaired) electrons. The molecule has 0 saturated heterocycles. The van der Waals surface area contributed by atoms with E-state index in [-0.39, 0.29) is 31.9 Å². The van der Waals surface area contributed by atoms with Crippen molar-refractivity contribution in [2.24, 2.45) is 5.92 Å². The molecule has 1 rings (SSSR count). The summed E-state index contributed by atoms with van der Waals surface area (Å²) < 4.78 is 5.06. The normalized spacial score (nSPS) is 11.5. The summed E-state index contributed by atoms with van der Waals surface area (Å²) in [4.78, 5) is 33.6. The zero-order chi connectivity index (χ0) is 16.4. The van der Waals surface area contributed by atoms with Gasteiger partial charge in [-0.05, 0) is 12.0 Å². The Labute approximate surface area is 129 Å². The van der Waals surface area contributed by atoms with E-state index in [0.717, 1.165) is 5.56 Å². The molecule has 1 unspecified atom stereocenters. The number of aliphatic carboxylic acids is 1. The molecule has 6 nitrogen and oxygen atoms in total. The summed E-state index contributed by atoms with van der Waals surface area (Å²) in [5.74, 6) is -2.11. The van der Waals surface area contributed by atoms with E-state index < -0.39 is 17.9 Å². The summed E-state index contributed by atoms with van der Waals surface area (Å²) in [7, 11) is 0. The van der Waals surface area contributed by atoms with Crippen LogP contribution in [0.15, 0.2) is 30.3 Å². The minimum absolute atomic E-state index is 0.00709. The molecule has 6 heteroatoms. The lowest BCUT2D eigenvalue weighted by Crippen LogP contribution is -2.27. The first-order valence-corrected chi connectivity index (χ1v) is 7.18. The van der Waals surface area contributed by atoms with E-state index in [1.807, 2.05) is 30.3 Å². The Morgan fingerprint density at radius 2 is 1.86 bits per heavy atom. The number of benzene rings is 1. The van der Waals surface area contributed by atoms with E-state index in [4.69, 9.17) is 9.84 Å². The first-order chi connectivity index (χ1) is 10.5. The fraction of sp³-hybridized carbons (Fsp3) is 0.438. The van der Waals surface area contributed by atoms with Gasteiger partial charge >= 0.3 is 11.9 Å². The van der Waals surface area contributed by atoms with Crippen molar-refractivity contribution in [3.63, 3.8) is 0 Å². The van der Waals surface area contributed by atoms with Gasteiger partial charge in [-0.3, -0.25) is 14.4 Å². The first kappa shape index (κ1) is 17.7. The number of carboxylic acids is 1. The number of rotatable bonds is 9. The molecule has 2 N–H and O–H groups in total. The van der Waals surface area contributed by atoms with Crippen molar-refractivity contribution in [3.05, 3.63) is 35.9 Å². The van der Waals surface area contributed by atoms with E-state index in [9.17, 15) is 14.4 Å². The molecule has 22 heavy (non-hydrogen) atoms. The minimum Gasteiger partial charge on any atom is -0.481 e. The zero-order valence-electron chi connectivity index (χ0n) is 12.6. The molecule has 0 fully saturated rings. The standard InChI is InChI=1S/C16H21NO5/c1-12(16(20)21)9-10-17-14(18)7-8-15(19)22-11-13-5-3-2-4-6-13/h2-6,12H,7-11H2,1H3,(H,17,18)(H,20,21). The molecule has 0 spiro atoms. The summed E-state index contributed by atoms with van der Waals surface area (Å²) >= 11 is 0. The molecule has 0 aliphatic rings. The lowest BCUT2D eigenvalue weighted by atomic mass is 10.1. The number of amides is 1. The monoisotopic (exact) mass is 307 g/mol. The number of ether oxygens (including phenoxy) is 1. The molecule has 1 atom stereocenters. The highest BCUT2D eigenvalue weighted by Crippen LogP contribution is 2.03. The SMILES string of the molecule is CC(CCNC(=O)CCC(=O)OCc1ccccc1)C(=O)O. The van der Waals surface area contributed by atoms with Gasteiger partial charge in [0, 0.05) is 13.0 Å². The van der Waals surface area contributed by atoms with Crippen LogP contribution in [0.5, 0.6) is 0 Å². The summed E-state index contributed by atoms with van der Waals surface area (Å²) in [5.41, 5.74) is 0.892. The molecule has 0 saturated carbocycles. The van der Waals surface area contributed by atoms with Crippen molar-refractivity contribution >= 4 is 17.8 Å². The third-order valence-corrected chi connectivity index (χ3v) is 3.12. The van der Waals surface area contributed by atoms with Crippen molar-refractivity contribution < 1.29 is 24.2 Å². The highest BCUT2D eigenvalue weighted by molar-refractivity contribution is 5.81. The van der Waals surface area contributed by atoms with Crippen LogP contribution < -0.4 is 5.32 Å². The van der Waals surface area contributed by atoms with Gasteiger partial charge in [0.1, 0.15) is 6.61 Å². The van der Waals surface area contributed by atoms with Crippen molar-refractivity contribution in [2.75, 3.05) is 6.54 Å². The van der Waals surface area contributed by atoms with E-state index >= 15 is 0 Å². The van der Waals surface area contributed by atoms with Crippen LogP contribution >= 0.6 is 0 Å².